The smallest absolute Gasteiger partial charge is 0.225 e. The summed E-state index contributed by atoms with van der Waals surface area (Å²) < 4.78 is 0. The first kappa shape index (κ1) is 14.3. The van der Waals surface area contributed by atoms with E-state index in [1.54, 1.807) is 0 Å². The maximum atomic E-state index is 12.5. The van der Waals surface area contributed by atoms with E-state index in [2.05, 4.69) is 22.0 Å². The summed E-state index contributed by atoms with van der Waals surface area (Å²) in [6.07, 6.45) is 5.17. The SMILES string of the molecule is CC(C(=O)N1CCC(CN2CCCC2)CC1)C1CNC1. The Kier molecular flexibility index (Phi) is 4.61. The first-order chi connectivity index (χ1) is 9.74. The van der Waals surface area contributed by atoms with Gasteiger partial charge < -0.3 is 15.1 Å². The number of amides is 1. The van der Waals surface area contributed by atoms with Crippen molar-refractivity contribution in [1.82, 2.24) is 15.1 Å². The number of hydrogen-bond acceptors (Lipinski definition) is 3. The van der Waals surface area contributed by atoms with Crippen LogP contribution in [0.15, 0.2) is 0 Å². The molecule has 0 spiro atoms. The predicted molar refractivity (Wildman–Crippen MR) is 80.5 cm³/mol. The lowest BCUT2D eigenvalue weighted by Crippen LogP contribution is -2.51. The molecule has 1 N–H and O–H groups in total. The van der Waals surface area contributed by atoms with E-state index in [4.69, 9.17) is 0 Å². The van der Waals surface area contributed by atoms with E-state index in [9.17, 15) is 4.79 Å². The molecule has 4 nitrogen and oxygen atoms in total. The van der Waals surface area contributed by atoms with Gasteiger partial charge in [-0.25, -0.2) is 0 Å². The monoisotopic (exact) mass is 279 g/mol. The van der Waals surface area contributed by atoms with Crippen LogP contribution in [0.25, 0.3) is 0 Å². The lowest BCUT2D eigenvalue weighted by Gasteiger charge is -2.38. The average Bonchev–Trinajstić information content (AvgIpc) is 2.89. The van der Waals surface area contributed by atoms with Crippen molar-refractivity contribution in [1.29, 1.82) is 0 Å². The van der Waals surface area contributed by atoms with Gasteiger partial charge in [-0.3, -0.25) is 4.79 Å². The van der Waals surface area contributed by atoms with Gasteiger partial charge in [-0.2, -0.15) is 0 Å². The predicted octanol–water partition coefficient (Wildman–Crippen LogP) is 1.18. The summed E-state index contributed by atoms with van der Waals surface area (Å²) >= 11 is 0. The Labute approximate surface area is 122 Å². The molecule has 0 aromatic rings. The Morgan fingerprint density at radius 2 is 1.80 bits per heavy atom. The Morgan fingerprint density at radius 3 is 2.35 bits per heavy atom. The van der Waals surface area contributed by atoms with E-state index >= 15 is 0 Å². The third kappa shape index (κ3) is 3.17. The van der Waals surface area contributed by atoms with Crippen molar-refractivity contribution in [3.05, 3.63) is 0 Å². The highest BCUT2D eigenvalue weighted by molar-refractivity contribution is 5.79. The second-order valence-corrected chi connectivity index (χ2v) is 6.98. The summed E-state index contributed by atoms with van der Waals surface area (Å²) in [7, 11) is 0. The molecule has 0 aliphatic carbocycles. The fourth-order valence-electron chi connectivity index (χ4n) is 3.82. The molecule has 0 aromatic carbocycles. The first-order valence-electron chi connectivity index (χ1n) is 8.46. The molecule has 0 bridgehead atoms. The summed E-state index contributed by atoms with van der Waals surface area (Å²) in [6, 6.07) is 0. The Balaban J connectivity index is 1.41. The van der Waals surface area contributed by atoms with Crippen LogP contribution >= 0.6 is 0 Å². The third-order valence-electron chi connectivity index (χ3n) is 5.55. The number of rotatable bonds is 4. The highest BCUT2D eigenvalue weighted by atomic mass is 16.2. The minimum atomic E-state index is 0.214. The van der Waals surface area contributed by atoms with Crippen molar-refractivity contribution >= 4 is 5.91 Å². The number of carbonyl (C=O) groups excluding carboxylic acids is 1. The van der Waals surface area contributed by atoms with Crippen LogP contribution in [-0.4, -0.2) is 61.5 Å². The molecule has 1 atom stereocenters. The number of nitrogens with zero attached hydrogens (tertiary/aromatic N) is 2. The van der Waals surface area contributed by atoms with Crippen LogP contribution in [0.2, 0.25) is 0 Å². The van der Waals surface area contributed by atoms with Gasteiger partial charge in [0.15, 0.2) is 0 Å². The second kappa shape index (κ2) is 6.44. The van der Waals surface area contributed by atoms with E-state index in [1.807, 2.05) is 0 Å². The van der Waals surface area contributed by atoms with Crippen molar-refractivity contribution in [2.45, 2.75) is 32.6 Å². The number of piperidine rings is 1. The topological polar surface area (TPSA) is 35.6 Å². The number of hydrogen-bond donors (Lipinski definition) is 1. The average molecular weight is 279 g/mol. The minimum Gasteiger partial charge on any atom is -0.342 e. The maximum absolute atomic E-state index is 12.5. The largest absolute Gasteiger partial charge is 0.342 e. The molecule has 1 unspecified atom stereocenters. The van der Waals surface area contributed by atoms with Crippen molar-refractivity contribution in [2.24, 2.45) is 17.8 Å². The Hall–Kier alpha value is -0.610. The van der Waals surface area contributed by atoms with Crippen LogP contribution in [-0.2, 0) is 4.79 Å². The highest BCUT2D eigenvalue weighted by Crippen LogP contribution is 2.24. The minimum absolute atomic E-state index is 0.214. The molecule has 0 saturated carbocycles. The standard InChI is InChI=1S/C16H29N3O/c1-13(15-10-17-11-15)16(20)19-8-4-14(5-9-19)12-18-6-2-3-7-18/h13-15,17H,2-12H2,1H3. The number of carbonyl (C=O) groups is 1. The van der Waals surface area contributed by atoms with Crippen LogP contribution in [0.4, 0.5) is 0 Å². The van der Waals surface area contributed by atoms with Crippen LogP contribution in [0.5, 0.6) is 0 Å². The molecular weight excluding hydrogens is 250 g/mol. The molecule has 3 fully saturated rings. The molecule has 114 valence electrons. The van der Waals surface area contributed by atoms with E-state index < -0.39 is 0 Å². The zero-order valence-corrected chi connectivity index (χ0v) is 12.8. The Bertz CT molecular complexity index is 329. The van der Waals surface area contributed by atoms with Gasteiger partial charge in [0.25, 0.3) is 0 Å². The van der Waals surface area contributed by atoms with Crippen molar-refractivity contribution in [3.63, 3.8) is 0 Å². The first-order valence-corrected chi connectivity index (χ1v) is 8.46. The normalized spacial score (nSPS) is 27.6. The molecule has 3 aliphatic rings. The van der Waals surface area contributed by atoms with Gasteiger partial charge in [0.2, 0.25) is 5.91 Å². The quantitative estimate of drug-likeness (QED) is 0.839. The maximum Gasteiger partial charge on any atom is 0.225 e. The fourth-order valence-corrected chi connectivity index (χ4v) is 3.82. The summed E-state index contributed by atoms with van der Waals surface area (Å²) in [6.45, 7) is 10.0. The van der Waals surface area contributed by atoms with Crippen molar-refractivity contribution in [2.75, 3.05) is 45.8 Å². The molecule has 3 aliphatic heterocycles. The van der Waals surface area contributed by atoms with Gasteiger partial charge in [-0.05, 0) is 63.7 Å². The van der Waals surface area contributed by atoms with E-state index in [0.717, 1.165) is 32.1 Å². The Morgan fingerprint density at radius 1 is 1.15 bits per heavy atom. The molecule has 4 heteroatoms. The van der Waals surface area contributed by atoms with Gasteiger partial charge in [-0.1, -0.05) is 6.92 Å². The van der Waals surface area contributed by atoms with Crippen molar-refractivity contribution < 1.29 is 4.79 Å². The molecule has 0 radical (unpaired) electrons. The molecule has 3 rings (SSSR count). The van der Waals surface area contributed by atoms with E-state index in [1.165, 1.54) is 45.3 Å². The number of likely N-dealkylation sites (tertiary alicyclic amines) is 2. The van der Waals surface area contributed by atoms with E-state index in [-0.39, 0.29) is 5.92 Å². The van der Waals surface area contributed by atoms with Crippen LogP contribution in [0, 0.1) is 17.8 Å². The third-order valence-corrected chi connectivity index (χ3v) is 5.55. The molecule has 20 heavy (non-hydrogen) atoms. The van der Waals surface area contributed by atoms with Crippen molar-refractivity contribution in [3.8, 4) is 0 Å². The molecule has 3 saturated heterocycles. The van der Waals surface area contributed by atoms with Gasteiger partial charge in [0.1, 0.15) is 0 Å². The van der Waals surface area contributed by atoms with Gasteiger partial charge in [-0.15, -0.1) is 0 Å². The lowest BCUT2D eigenvalue weighted by atomic mass is 9.87. The molecule has 0 aromatic heterocycles. The summed E-state index contributed by atoms with van der Waals surface area (Å²) in [5.74, 6) is 2.00. The van der Waals surface area contributed by atoms with Gasteiger partial charge in [0.05, 0.1) is 0 Å². The van der Waals surface area contributed by atoms with Gasteiger partial charge in [0, 0.05) is 25.6 Å². The van der Waals surface area contributed by atoms with Crippen LogP contribution in [0.3, 0.4) is 0 Å². The summed E-state index contributed by atoms with van der Waals surface area (Å²) in [4.78, 5) is 17.2. The van der Waals surface area contributed by atoms with Gasteiger partial charge >= 0.3 is 0 Å². The lowest BCUT2D eigenvalue weighted by molar-refractivity contribution is -0.138. The fraction of sp³-hybridized carbons (Fsp3) is 0.938. The second-order valence-electron chi connectivity index (χ2n) is 6.98. The van der Waals surface area contributed by atoms with E-state index in [0.29, 0.717) is 11.8 Å². The van der Waals surface area contributed by atoms with Crippen LogP contribution < -0.4 is 5.32 Å². The highest BCUT2D eigenvalue weighted by Gasteiger charge is 2.33. The molecular formula is C16H29N3O. The molecule has 1 amide bonds. The summed E-state index contributed by atoms with van der Waals surface area (Å²) in [5.41, 5.74) is 0. The zero-order chi connectivity index (χ0) is 13.9. The molecule has 3 heterocycles. The zero-order valence-electron chi connectivity index (χ0n) is 12.8. The van der Waals surface area contributed by atoms with Crippen LogP contribution in [0.1, 0.15) is 32.6 Å². The number of nitrogens with one attached hydrogen (secondary N) is 1. The summed E-state index contributed by atoms with van der Waals surface area (Å²) in [5, 5.41) is 3.27.